The minimum Gasteiger partial charge on any atom is -0.251 e. The van der Waals surface area contributed by atoms with Crippen molar-refractivity contribution in [2.75, 3.05) is 0 Å². The smallest absolute Gasteiger partial charge is 0.251 e. The molecule has 1 unspecified atom stereocenters. The molecule has 0 saturated carbocycles. The fourth-order valence-electron chi connectivity index (χ4n) is 4.51. The Morgan fingerprint density at radius 2 is 1.44 bits per heavy atom. The Hall–Kier alpha value is -2.85. The van der Waals surface area contributed by atoms with Crippen LogP contribution in [0.3, 0.4) is 0 Å². The number of rotatable bonds is 2. The van der Waals surface area contributed by atoms with Gasteiger partial charge in [0.2, 0.25) is 0 Å². The normalized spacial score (nSPS) is 20.1. The average Bonchev–Trinajstić information content (AvgIpc) is 2.87. The van der Waals surface area contributed by atoms with Gasteiger partial charge in [-0.15, -0.1) is 0 Å². The molecule has 0 fully saturated rings. The fraction of sp³-hybridized carbons (Fsp3) is 0.130. The summed E-state index contributed by atoms with van der Waals surface area (Å²) in [6.07, 6.45) is 2.00. The number of benzene rings is 3. The molecule has 0 aliphatic carbocycles. The van der Waals surface area contributed by atoms with Crippen LogP contribution in [-0.4, -0.2) is 12.7 Å². The van der Waals surface area contributed by atoms with Crippen molar-refractivity contribution in [3.8, 4) is 0 Å². The largest absolute Gasteiger partial charge is 0.265 e. The molecular weight excluding hydrogens is 354 g/mol. The lowest BCUT2D eigenvalue weighted by molar-refractivity contribution is 0.357. The van der Waals surface area contributed by atoms with Crippen molar-refractivity contribution < 1.29 is 8.42 Å². The average molecular weight is 373 g/mol. The lowest BCUT2D eigenvalue weighted by Crippen LogP contribution is -2.44. The summed E-state index contributed by atoms with van der Waals surface area (Å²) in [6, 6.07) is 23.2. The van der Waals surface area contributed by atoms with Gasteiger partial charge in [-0.25, -0.2) is 8.42 Å². The summed E-state index contributed by atoms with van der Waals surface area (Å²) in [5, 5.41) is 0. The lowest BCUT2D eigenvalue weighted by atomic mass is 9.83. The molecule has 1 atom stereocenters. The first-order chi connectivity index (χ1) is 13.0. The van der Waals surface area contributed by atoms with Gasteiger partial charge in [0.05, 0.1) is 10.6 Å². The summed E-state index contributed by atoms with van der Waals surface area (Å²) < 4.78 is 29.3. The molecule has 0 spiro atoms. The molecule has 3 nitrogen and oxygen atoms in total. The van der Waals surface area contributed by atoms with Crippen LogP contribution in [0.15, 0.2) is 77.7 Å². The topological polar surface area (TPSA) is 37.4 Å². The van der Waals surface area contributed by atoms with Gasteiger partial charge in [0, 0.05) is 5.56 Å². The monoisotopic (exact) mass is 373 g/mol. The molecule has 0 radical (unpaired) electrons. The van der Waals surface area contributed by atoms with Crippen molar-refractivity contribution in [1.29, 1.82) is 0 Å². The van der Waals surface area contributed by atoms with Crippen molar-refractivity contribution in [2.24, 2.45) is 0 Å². The number of aryl methyl sites for hydroxylation is 1. The maximum atomic E-state index is 13.8. The summed E-state index contributed by atoms with van der Waals surface area (Å²) in [6.45, 7) is 3.86. The molecule has 3 aromatic carbocycles. The van der Waals surface area contributed by atoms with Gasteiger partial charge in [-0.1, -0.05) is 66.7 Å². The molecule has 134 valence electrons. The summed E-state index contributed by atoms with van der Waals surface area (Å²) in [5.41, 5.74) is 4.82. The second-order valence-corrected chi connectivity index (χ2v) is 9.02. The standard InChI is InChI=1S/C23H19NO2S/c1-16-9-3-8-14-22(16)27(25,26)24-21-15-17-10-4-6-12-19(17)23(24,2)20-13-7-5-11-18(20)21/h3-15H,1-2H3. The Morgan fingerprint density at radius 3 is 2.22 bits per heavy atom. The van der Waals surface area contributed by atoms with Crippen LogP contribution in [0.4, 0.5) is 0 Å². The van der Waals surface area contributed by atoms with Crippen LogP contribution in [0.25, 0.3) is 11.8 Å². The van der Waals surface area contributed by atoms with Crippen LogP contribution in [0.2, 0.25) is 0 Å². The Morgan fingerprint density at radius 1 is 0.815 bits per heavy atom. The van der Waals surface area contributed by atoms with Crippen LogP contribution in [-0.2, 0) is 15.6 Å². The zero-order chi connectivity index (χ0) is 18.8. The Balaban J connectivity index is 1.86. The van der Waals surface area contributed by atoms with E-state index in [1.165, 1.54) is 0 Å². The second-order valence-electron chi connectivity index (χ2n) is 7.27. The quantitative estimate of drug-likeness (QED) is 0.649. The number of hydrogen-bond donors (Lipinski definition) is 0. The second kappa shape index (κ2) is 5.33. The number of fused-ring (bicyclic) bond motifs is 7. The molecule has 2 heterocycles. The zero-order valence-electron chi connectivity index (χ0n) is 15.2. The highest BCUT2D eigenvalue weighted by atomic mass is 32.2. The zero-order valence-corrected chi connectivity index (χ0v) is 16.0. The Bertz CT molecular complexity index is 1210. The van der Waals surface area contributed by atoms with E-state index in [2.05, 4.69) is 6.07 Å². The Kier molecular flexibility index (Phi) is 3.23. The predicted octanol–water partition coefficient (Wildman–Crippen LogP) is 4.77. The SMILES string of the molecule is Cc1ccccc1S(=O)(=O)N1C2=Cc3ccccc3C1(C)c1ccccc12. The molecular formula is C23H19NO2S. The van der Waals surface area contributed by atoms with Gasteiger partial charge in [-0.05, 0) is 48.2 Å². The fourth-order valence-corrected chi connectivity index (χ4v) is 6.52. The van der Waals surface area contributed by atoms with Crippen molar-refractivity contribution in [3.05, 3.63) is 101 Å². The van der Waals surface area contributed by atoms with Gasteiger partial charge in [-0.3, -0.25) is 4.31 Å². The maximum absolute atomic E-state index is 13.8. The molecule has 5 rings (SSSR count). The van der Waals surface area contributed by atoms with E-state index >= 15 is 0 Å². The third kappa shape index (κ3) is 1.99. The summed E-state index contributed by atoms with van der Waals surface area (Å²) in [7, 11) is -3.73. The van der Waals surface area contributed by atoms with Crippen LogP contribution in [0, 0.1) is 6.92 Å². The van der Waals surface area contributed by atoms with Gasteiger partial charge >= 0.3 is 0 Å². The highest BCUT2D eigenvalue weighted by Crippen LogP contribution is 2.56. The van der Waals surface area contributed by atoms with Crippen LogP contribution >= 0.6 is 0 Å². The van der Waals surface area contributed by atoms with Gasteiger partial charge in [-0.2, -0.15) is 0 Å². The minimum atomic E-state index is -3.73. The summed E-state index contributed by atoms with van der Waals surface area (Å²) >= 11 is 0. The molecule has 2 aliphatic heterocycles. The maximum Gasteiger partial charge on any atom is 0.265 e. The van der Waals surface area contributed by atoms with E-state index in [0.29, 0.717) is 4.90 Å². The van der Waals surface area contributed by atoms with Gasteiger partial charge in [0.15, 0.2) is 0 Å². The van der Waals surface area contributed by atoms with Crippen molar-refractivity contribution in [3.63, 3.8) is 0 Å². The van der Waals surface area contributed by atoms with E-state index in [0.717, 1.165) is 33.5 Å². The lowest BCUT2D eigenvalue weighted by Gasteiger charge is -2.41. The molecule has 0 aromatic heterocycles. The molecule has 4 heteroatoms. The highest BCUT2D eigenvalue weighted by molar-refractivity contribution is 7.89. The van der Waals surface area contributed by atoms with E-state index in [9.17, 15) is 8.42 Å². The van der Waals surface area contributed by atoms with Gasteiger partial charge < -0.3 is 0 Å². The van der Waals surface area contributed by atoms with E-state index in [-0.39, 0.29) is 0 Å². The minimum absolute atomic E-state index is 0.356. The van der Waals surface area contributed by atoms with E-state index < -0.39 is 15.6 Å². The molecule has 27 heavy (non-hydrogen) atoms. The highest BCUT2D eigenvalue weighted by Gasteiger charge is 2.53. The van der Waals surface area contributed by atoms with Crippen molar-refractivity contribution >= 4 is 21.8 Å². The predicted molar refractivity (Wildman–Crippen MR) is 107 cm³/mol. The summed E-state index contributed by atoms with van der Waals surface area (Å²) in [5.74, 6) is 0. The first-order valence-electron chi connectivity index (χ1n) is 8.98. The Labute approximate surface area is 159 Å². The molecule has 2 aliphatic rings. The van der Waals surface area contributed by atoms with E-state index in [1.54, 1.807) is 16.4 Å². The molecule has 0 amide bonds. The third-order valence-electron chi connectivity index (χ3n) is 5.74. The number of nitrogens with zero attached hydrogens (tertiary/aromatic N) is 1. The first kappa shape index (κ1) is 16.3. The molecule has 3 aromatic rings. The van der Waals surface area contributed by atoms with Crippen molar-refractivity contribution in [2.45, 2.75) is 24.3 Å². The van der Waals surface area contributed by atoms with Crippen LogP contribution < -0.4 is 0 Å². The van der Waals surface area contributed by atoms with Gasteiger partial charge in [0.1, 0.15) is 5.54 Å². The molecule has 0 N–H and O–H groups in total. The van der Waals surface area contributed by atoms with E-state index in [1.807, 2.05) is 74.5 Å². The van der Waals surface area contributed by atoms with Crippen LogP contribution in [0.5, 0.6) is 0 Å². The molecule has 0 saturated heterocycles. The van der Waals surface area contributed by atoms with E-state index in [4.69, 9.17) is 0 Å². The van der Waals surface area contributed by atoms with Crippen molar-refractivity contribution in [1.82, 2.24) is 4.31 Å². The molecule has 2 bridgehead atoms. The summed E-state index contributed by atoms with van der Waals surface area (Å²) in [4.78, 5) is 0.356. The van der Waals surface area contributed by atoms with Crippen LogP contribution in [0.1, 0.15) is 34.7 Å². The third-order valence-corrected chi connectivity index (χ3v) is 7.80. The number of hydrogen-bond acceptors (Lipinski definition) is 2. The first-order valence-corrected chi connectivity index (χ1v) is 10.4. The van der Waals surface area contributed by atoms with Gasteiger partial charge in [0.25, 0.3) is 10.0 Å². The number of sulfonamides is 1.